The third-order valence-electron chi connectivity index (χ3n) is 4.34. The van der Waals surface area contributed by atoms with E-state index < -0.39 is 30.9 Å². The number of benzene rings is 1. The van der Waals surface area contributed by atoms with Crippen LogP contribution in [0.4, 0.5) is 24.5 Å². The molecule has 2 rings (SSSR count). The minimum Gasteiger partial charge on any atom is -0.465 e. The maximum absolute atomic E-state index is 12.2. The van der Waals surface area contributed by atoms with E-state index in [9.17, 15) is 22.8 Å². The van der Waals surface area contributed by atoms with E-state index in [1.807, 2.05) is 0 Å². The van der Waals surface area contributed by atoms with Gasteiger partial charge in [-0.2, -0.15) is 13.2 Å². The average Bonchev–Trinajstić information content (AvgIpc) is 2.59. The van der Waals surface area contributed by atoms with Gasteiger partial charge in [0.2, 0.25) is 5.91 Å². The monoisotopic (exact) mass is 372 g/mol. The summed E-state index contributed by atoms with van der Waals surface area (Å²) in [5, 5.41) is 2.38. The van der Waals surface area contributed by atoms with Gasteiger partial charge < -0.3 is 15.0 Å². The van der Waals surface area contributed by atoms with Crippen LogP contribution in [-0.2, 0) is 9.53 Å². The SMILES string of the molecule is COC(=O)c1cc(N2CCC[C@@H](C)C2)ccc1NC(=O)CCC(F)(F)F. The van der Waals surface area contributed by atoms with E-state index in [1.165, 1.54) is 13.2 Å². The number of nitrogens with one attached hydrogen (secondary N) is 1. The molecule has 26 heavy (non-hydrogen) atoms. The third-order valence-corrected chi connectivity index (χ3v) is 4.34. The van der Waals surface area contributed by atoms with Gasteiger partial charge in [-0.3, -0.25) is 4.79 Å². The molecule has 0 radical (unpaired) electrons. The first-order valence-corrected chi connectivity index (χ1v) is 8.53. The Morgan fingerprint density at radius 3 is 2.69 bits per heavy atom. The van der Waals surface area contributed by atoms with Crippen molar-refractivity contribution >= 4 is 23.3 Å². The zero-order chi connectivity index (χ0) is 19.3. The summed E-state index contributed by atoms with van der Waals surface area (Å²) >= 11 is 0. The molecule has 1 amide bonds. The van der Waals surface area contributed by atoms with Gasteiger partial charge in [-0.25, -0.2) is 4.79 Å². The number of anilines is 2. The zero-order valence-corrected chi connectivity index (χ0v) is 14.9. The van der Waals surface area contributed by atoms with Crippen molar-refractivity contribution in [1.29, 1.82) is 0 Å². The molecule has 0 saturated carbocycles. The van der Waals surface area contributed by atoms with Gasteiger partial charge in [0.15, 0.2) is 0 Å². The first-order valence-electron chi connectivity index (χ1n) is 8.53. The Kier molecular flexibility index (Phi) is 6.50. The smallest absolute Gasteiger partial charge is 0.389 e. The van der Waals surface area contributed by atoms with Gasteiger partial charge in [-0.1, -0.05) is 6.92 Å². The van der Waals surface area contributed by atoms with Crippen LogP contribution in [0.25, 0.3) is 0 Å². The summed E-state index contributed by atoms with van der Waals surface area (Å²) in [5.41, 5.74) is 1.10. The fourth-order valence-electron chi connectivity index (χ4n) is 3.01. The van der Waals surface area contributed by atoms with E-state index in [0.29, 0.717) is 5.92 Å². The van der Waals surface area contributed by atoms with Crippen LogP contribution in [-0.4, -0.2) is 38.3 Å². The molecule has 1 aromatic rings. The lowest BCUT2D eigenvalue weighted by Gasteiger charge is -2.33. The molecule has 0 unspecified atom stereocenters. The molecule has 1 saturated heterocycles. The summed E-state index contributed by atoms with van der Waals surface area (Å²) in [6.07, 6.45) is -4.12. The number of hydrogen-bond acceptors (Lipinski definition) is 4. The second-order valence-corrected chi connectivity index (χ2v) is 6.58. The van der Waals surface area contributed by atoms with E-state index in [2.05, 4.69) is 17.1 Å². The van der Waals surface area contributed by atoms with Crippen LogP contribution in [0.15, 0.2) is 18.2 Å². The number of methoxy groups -OCH3 is 1. The highest BCUT2D eigenvalue weighted by Gasteiger charge is 2.28. The van der Waals surface area contributed by atoms with Crippen LogP contribution >= 0.6 is 0 Å². The lowest BCUT2D eigenvalue weighted by atomic mass is 9.99. The van der Waals surface area contributed by atoms with Crippen molar-refractivity contribution in [1.82, 2.24) is 0 Å². The molecule has 1 fully saturated rings. The number of alkyl halides is 3. The minimum absolute atomic E-state index is 0.128. The third kappa shape index (κ3) is 5.64. The van der Waals surface area contributed by atoms with Crippen LogP contribution in [0, 0.1) is 5.92 Å². The lowest BCUT2D eigenvalue weighted by molar-refractivity contribution is -0.142. The Morgan fingerprint density at radius 1 is 1.35 bits per heavy atom. The summed E-state index contributed by atoms with van der Waals surface area (Å²) < 4.78 is 41.5. The molecule has 5 nitrogen and oxygen atoms in total. The predicted molar refractivity (Wildman–Crippen MR) is 92.3 cm³/mol. The Morgan fingerprint density at radius 2 is 2.08 bits per heavy atom. The number of ether oxygens (including phenoxy) is 1. The number of nitrogens with zero attached hydrogens (tertiary/aromatic N) is 1. The molecule has 1 N–H and O–H groups in total. The minimum atomic E-state index is -4.41. The van der Waals surface area contributed by atoms with Crippen molar-refractivity contribution < 1.29 is 27.5 Å². The van der Waals surface area contributed by atoms with Crippen molar-refractivity contribution in [3.63, 3.8) is 0 Å². The normalized spacial score (nSPS) is 17.7. The molecule has 1 atom stereocenters. The van der Waals surface area contributed by atoms with Crippen LogP contribution < -0.4 is 10.2 Å². The van der Waals surface area contributed by atoms with Crippen molar-refractivity contribution in [3.05, 3.63) is 23.8 Å². The number of carbonyl (C=O) groups excluding carboxylic acids is 2. The highest BCUT2D eigenvalue weighted by atomic mass is 19.4. The fraction of sp³-hybridized carbons (Fsp3) is 0.556. The number of amides is 1. The van der Waals surface area contributed by atoms with Gasteiger partial charge >= 0.3 is 12.1 Å². The zero-order valence-electron chi connectivity index (χ0n) is 14.9. The molecule has 1 aliphatic heterocycles. The van der Waals surface area contributed by atoms with Crippen LogP contribution in [0.2, 0.25) is 0 Å². The molecule has 8 heteroatoms. The summed E-state index contributed by atoms with van der Waals surface area (Å²) in [7, 11) is 1.22. The summed E-state index contributed by atoms with van der Waals surface area (Å²) in [6.45, 7) is 3.88. The van der Waals surface area contributed by atoms with E-state index in [-0.39, 0.29) is 11.3 Å². The van der Waals surface area contributed by atoms with Crippen LogP contribution in [0.5, 0.6) is 0 Å². The first kappa shape index (κ1) is 20.1. The summed E-state index contributed by atoms with van der Waals surface area (Å²) in [4.78, 5) is 26.0. The quantitative estimate of drug-likeness (QED) is 0.794. The van der Waals surface area contributed by atoms with E-state index in [1.54, 1.807) is 12.1 Å². The Hall–Kier alpha value is -2.25. The lowest BCUT2D eigenvalue weighted by Crippen LogP contribution is -2.34. The number of carbonyl (C=O) groups is 2. The van der Waals surface area contributed by atoms with E-state index in [0.717, 1.165) is 31.6 Å². The molecule has 1 heterocycles. The number of piperidine rings is 1. The number of halogens is 3. The fourth-order valence-corrected chi connectivity index (χ4v) is 3.01. The highest BCUT2D eigenvalue weighted by Crippen LogP contribution is 2.28. The van der Waals surface area contributed by atoms with Crippen molar-refractivity contribution in [3.8, 4) is 0 Å². The largest absolute Gasteiger partial charge is 0.465 e. The second-order valence-electron chi connectivity index (χ2n) is 6.58. The topological polar surface area (TPSA) is 58.6 Å². The Labute approximate surface area is 150 Å². The number of hydrogen-bond donors (Lipinski definition) is 1. The van der Waals surface area contributed by atoms with Gasteiger partial charge in [0.1, 0.15) is 0 Å². The van der Waals surface area contributed by atoms with E-state index in [4.69, 9.17) is 4.74 Å². The molecular formula is C18H23F3N2O3. The van der Waals surface area contributed by atoms with Crippen molar-refractivity contribution in [2.24, 2.45) is 5.92 Å². The van der Waals surface area contributed by atoms with E-state index >= 15 is 0 Å². The van der Waals surface area contributed by atoms with Gasteiger partial charge in [0.25, 0.3) is 0 Å². The standard InChI is InChI=1S/C18H23F3N2O3/c1-12-4-3-9-23(11-12)13-5-6-15(14(10-13)17(25)26-2)22-16(24)7-8-18(19,20)21/h5-6,10,12H,3-4,7-9,11H2,1-2H3,(H,22,24)/t12-/m1/s1. The summed E-state index contributed by atoms with van der Waals surface area (Å²) in [5.74, 6) is -0.915. The number of esters is 1. The molecule has 1 aromatic carbocycles. The van der Waals surface area contributed by atoms with Crippen molar-refractivity contribution in [2.75, 3.05) is 30.4 Å². The molecule has 0 bridgehead atoms. The molecule has 0 spiro atoms. The van der Waals surface area contributed by atoms with Gasteiger partial charge in [0.05, 0.1) is 24.8 Å². The second kappa shape index (κ2) is 8.42. The van der Waals surface area contributed by atoms with Gasteiger partial charge in [0, 0.05) is 25.2 Å². The molecular weight excluding hydrogens is 349 g/mol. The van der Waals surface area contributed by atoms with Crippen molar-refractivity contribution in [2.45, 2.75) is 38.8 Å². The number of rotatable bonds is 5. The van der Waals surface area contributed by atoms with Gasteiger partial charge in [-0.05, 0) is 37.0 Å². The predicted octanol–water partition coefficient (Wildman–Crippen LogP) is 3.99. The molecule has 144 valence electrons. The maximum Gasteiger partial charge on any atom is 0.389 e. The molecule has 0 aromatic heterocycles. The Bertz CT molecular complexity index is 662. The van der Waals surface area contributed by atoms with Crippen LogP contribution in [0.1, 0.15) is 43.0 Å². The molecule has 1 aliphatic rings. The average molecular weight is 372 g/mol. The molecule has 0 aliphatic carbocycles. The summed E-state index contributed by atoms with van der Waals surface area (Å²) in [6, 6.07) is 4.90. The van der Waals surface area contributed by atoms with Crippen LogP contribution in [0.3, 0.4) is 0 Å². The highest BCUT2D eigenvalue weighted by molar-refractivity contribution is 6.02. The Balaban J connectivity index is 2.18. The van der Waals surface area contributed by atoms with Gasteiger partial charge in [-0.15, -0.1) is 0 Å². The first-order chi connectivity index (χ1) is 12.2. The maximum atomic E-state index is 12.2.